The summed E-state index contributed by atoms with van der Waals surface area (Å²) in [4.78, 5) is 3.77. The quantitative estimate of drug-likeness (QED) is 0.634. The van der Waals surface area contributed by atoms with Gasteiger partial charge in [0, 0.05) is 17.2 Å². The van der Waals surface area contributed by atoms with E-state index >= 15 is 0 Å². The van der Waals surface area contributed by atoms with Gasteiger partial charge in [-0.05, 0) is 35.7 Å². The minimum absolute atomic E-state index is 0.217. The van der Waals surface area contributed by atoms with Gasteiger partial charge in [0.2, 0.25) is 11.8 Å². The lowest BCUT2D eigenvalue weighted by Crippen LogP contribution is -1.96. The lowest BCUT2D eigenvalue weighted by atomic mass is 9.93. The number of halogens is 2. The van der Waals surface area contributed by atoms with Crippen LogP contribution in [-0.4, -0.2) is 12.1 Å². The maximum absolute atomic E-state index is 14.3. The van der Waals surface area contributed by atoms with Crippen molar-refractivity contribution >= 4 is 0 Å². The van der Waals surface area contributed by atoms with Crippen molar-refractivity contribution in [2.24, 2.45) is 0 Å². The van der Waals surface area contributed by atoms with E-state index in [1.807, 2.05) is 13.0 Å². The fourth-order valence-corrected chi connectivity index (χ4v) is 2.63. The van der Waals surface area contributed by atoms with Crippen LogP contribution in [0.3, 0.4) is 0 Å². The van der Waals surface area contributed by atoms with Gasteiger partial charge in [-0.25, -0.2) is 4.39 Å². The molecule has 0 fully saturated rings. The summed E-state index contributed by atoms with van der Waals surface area (Å²) in [6, 6.07) is 15.2. The fourth-order valence-electron chi connectivity index (χ4n) is 2.63. The zero-order chi connectivity index (χ0) is 16.4. The second kappa shape index (κ2) is 6.16. The van der Waals surface area contributed by atoms with E-state index in [0.717, 1.165) is 11.1 Å². The van der Waals surface area contributed by atoms with Crippen LogP contribution in [-0.2, 0) is 0 Å². The molecule has 0 aliphatic heterocycles. The van der Waals surface area contributed by atoms with Crippen LogP contribution in [0.15, 0.2) is 54.6 Å². The van der Waals surface area contributed by atoms with Crippen molar-refractivity contribution in [3.8, 4) is 28.1 Å². The van der Waals surface area contributed by atoms with E-state index in [1.54, 1.807) is 42.5 Å². The molecule has 3 aromatic rings. The van der Waals surface area contributed by atoms with E-state index in [-0.39, 0.29) is 11.7 Å². The minimum Gasteiger partial charge on any atom is -0.481 e. The molecular weight excluding hydrogens is 296 g/mol. The number of aromatic nitrogens is 1. The van der Waals surface area contributed by atoms with Crippen LogP contribution in [0.1, 0.15) is 5.56 Å². The van der Waals surface area contributed by atoms with Crippen LogP contribution in [0, 0.1) is 18.7 Å². The first-order valence-electron chi connectivity index (χ1n) is 7.17. The first-order chi connectivity index (χ1) is 11.1. The Kier molecular flexibility index (Phi) is 4.06. The number of hydrogen-bond donors (Lipinski definition) is 0. The van der Waals surface area contributed by atoms with Gasteiger partial charge in [0.15, 0.2) is 0 Å². The van der Waals surface area contributed by atoms with Crippen LogP contribution < -0.4 is 4.74 Å². The fraction of sp³-hybridized carbons (Fsp3) is 0.105. The Balaban J connectivity index is 2.16. The summed E-state index contributed by atoms with van der Waals surface area (Å²) in [6.07, 6.45) is 0. The topological polar surface area (TPSA) is 22.1 Å². The number of pyridine rings is 1. The molecule has 0 saturated carbocycles. The highest BCUT2D eigenvalue weighted by Crippen LogP contribution is 2.34. The molecule has 0 N–H and O–H groups in total. The van der Waals surface area contributed by atoms with E-state index in [1.165, 1.54) is 13.2 Å². The molecular formula is C19H15F2NO. The van der Waals surface area contributed by atoms with E-state index in [9.17, 15) is 8.78 Å². The molecule has 0 spiro atoms. The van der Waals surface area contributed by atoms with Crippen molar-refractivity contribution in [3.05, 3.63) is 71.9 Å². The Bertz CT molecular complexity index is 862. The predicted octanol–water partition coefficient (Wildman–Crippen LogP) is 5.01. The molecule has 1 heterocycles. The summed E-state index contributed by atoms with van der Waals surface area (Å²) < 4.78 is 33.2. The third-order valence-corrected chi connectivity index (χ3v) is 3.82. The molecule has 1 aromatic heterocycles. The summed E-state index contributed by atoms with van der Waals surface area (Å²) in [6.45, 7) is 1.85. The zero-order valence-corrected chi connectivity index (χ0v) is 12.8. The number of hydrogen-bond acceptors (Lipinski definition) is 2. The molecule has 0 aliphatic rings. The minimum atomic E-state index is -0.613. The van der Waals surface area contributed by atoms with Gasteiger partial charge in [-0.1, -0.05) is 36.4 Å². The van der Waals surface area contributed by atoms with Crippen molar-refractivity contribution < 1.29 is 13.5 Å². The van der Waals surface area contributed by atoms with Gasteiger partial charge in [0.1, 0.15) is 5.82 Å². The molecule has 0 radical (unpaired) electrons. The molecule has 116 valence electrons. The normalized spacial score (nSPS) is 10.6. The van der Waals surface area contributed by atoms with E-state index in [0.29, 0.717) is 16.7 Å². The predicted molar refractivity (Wildman–Crippen MR) is 86.3 cm³/mol. The van der Waals surface area contributed by atoms with Crippen LogP contribution in [0.25, 0.3) is 22.3 Å². The third-order valence-electron chi connectivity index (χ3n) is 3.82. The first kappa shape index (κ1) is 15.2. The molecule has 0 amide bonds. The standard InChI is InChI=1S/C19H15F2NO/c1-12-13(15-6-3-4-9-17(15)20)7-5-8-14(12)16-10-11-18(23-2)22-19(16)21/h3-11H,1-2H3. The molecule has 0 aliphatic carbocycles. The second-order valence-corrected chi connectivity index (χ2v) is 5.15. The molecule has 0 bridgehead atoms. The number of methoxy groups -OCH3 is 1. The molecule has 3 rings (SSSR count). The molecule has 2 aromatic carbocycles. The maximum atomic E-state index is 14.3. The van der Waals surface area contributed by atoms with Gasteiger partial charge >= 0.3 is 0 Å². The SMILES string of the molecule is COc1ccc(-c2cccc(-c3ccccc3F)c2C)c(F)n1. The van der Waals surface area contributed by atoms with Crippen LogP contribution >= 0.6 is 0 Å². The summed E-state index contributed by atoms with van der Waals surface area (Å²) in [5, 5.41) is 0. The molecule has 2 nitrogen and oxygen atoms in total. The monoisotopic (exact) mass is 311 g/mol. The van der Waals surface area contributed by atoms with Crippen LogP contribution in [0.5, 0.6) is 5.88 Å². The van der Waals surface area contributed by atoms with Gasteiger partial charge in [0.25, 0.3) is 0 Å². The number of nitrogens with zero attached hydrogens (tertiary/aromatic N) is 1. The summed E-state index contributed by atoms with van der Waals surface area (Å²) >= 11 is 0. The average Bonchev–Trinajstić information content (AvgIpc) is 2.56. The Labute approximate surface area is 133 Å². The Morgan fingerprint density at radius 1 is 0.783 bits per heavy atom. The first-order valence-corrected chi connectivity index (χ1v) is 7.17. The zero-order valence-electron chi connectivity index (χ0n) is 12.8. The molecule has 0 saturated heterocycles. The van der Waals surface area contributed by atoms with Crippen molar-refractivity contribution in [1.29, 1.82) is 0 Å². The second-order valence-electron chi connectivity index (χ2n) is 5.15. The lowest BCUT2D eigenvalue weighted by Gasteiger charge is -2.13. The summed E-state index contributed by atoms with van der Waals surface area (Å²) in [5.74, 6) is -0.701. The summed E-state index contributed by atoms with van der Waals surface area (Å²) in [5.41, 5.74) is 3.06. The van der Waals surface area contributed by atoms with Crippen molar-refractivity contribution in [3.63, 3.8) is 0 Å². The highest BCUT2D eigenvalue weighted by atomic mass is 19.1. The van der Waals surface area contributed by atoms with Gasteiger partial charge in [-0.2, -0.15) is 9.37 Å². The Morgan fingerprint density at radius 3 is 2.09 bits per heavy atom. The Hall–Kier alpha value is -2.75. The van der Waals surface area contributed by atoms with Crippen LogP contribution in [0.4, 0.5) is 8.78 Å². The van der Waals surface area contributed by atoms with E-state index < -0.39 is 5.95 Å². The molecule has 0 atom stereocenters. The molecule has 23 heavy (non-hydrogen) atoms. The average molecular weight is 311 g/mol. The van der Waals surface area contributed by atoms with E-state index in [4.69, 9.17) is 4.74 Å². The smallest absolute Gasteiger partial charge is 0.224 e. The number of rotatable bonds is 3. The molecule has 0 unspecified atom stereocenters. The number of benzene rings is 2. The lowest BCUT2D eigenvalue weighted by molar-refractivity contribution is 0.388. The third kappa shape index (κ3) is 2.80. The largest absolute Gasteiger partial charge is 0.481 e. The van der Waals surface area contributed by atoms with Gasteiger partial charge in [-0.3, -0.25) is 0 Å². The highest BCUT2D eigenvalue weighted by Gasteiger charge is 2.14. The van der Waals surface area contributed by atoms with Crippen molar-refractivity contribution in [1.82, 2.24) is 4.98 Å². The number of ether oxygens (including phenoxy) is 1. The van der Waals surface area contributed by atoms with Gasteiger partial charge in [0.05, 0.1) is 7.11 Å². The highest BCUT2D eigenvalue weighted by molar-refractivity contribution is 5.78. The Morgan fingerprint density at radius 2 is 1.43 bits per heavy atom. The van der Waals surface area contributed by atoms with Crippen molar-refractivity contribution in [2.75, 3.05) is 7.11 Å². The van der Waals surface area contributed by atoms with Crippen molar-refractivity contribution in [2.45, 2.75) is 6.92 Å². The molecule has 4 heteroatoms. The summed E-state index contributed by atoms with van der Waals surface area (Å²) in [7, 11) is 1.44. The van der Waals surface area contributed by atoms with Gasteiger partial charge < -0.3 is 4.74 Å². The maximum Gasteiger partial charge on any atom is 0.224 e. The van der Waals surface area contributed by atoms with Crippen LogP contribution in [0.2, 0.25) is 0 Å². The van der Waals surface area contributed by atoms with E-state index in [2.05, 4.69) is 4.98 Å². The van der Waals surface area contributed by atoms with Gasteiger partial charge in [-0.15, -0.1) is 0 Å².